The maximum Gasteiger partial charge on any atom is 0.339 e. The van der Waals surface area contributed by atoms with Crippen LogP contribution in [0.4, 0.5) is 0 Å². The zero-order valence-electron chi connectivity index (χ0n) is 7.46. The molecule has 0 aromatic heterocycles. The van der Waals surface area contributed by atoms with E-state index in [0.29, 0.717) is 0 Å². The molecule has 1 saturated heterocycles. The minimum absolute atomic E-state index is 0.162. The van der Waals surface area contributed by atoms with Gasteiger partial charge in [-0.3, -0.25) is 0 Å². The highest BCUT2D eigenvalue weighted by molar-refractivity contribution is 5.79. The lowest BCUT2D eigenvalue weighted by atomic mass is 9.95. The Balaban J connectivity index is 2.62. The van der Waals surface area contributed by atoms with E-state index in [2.05, 4.69) is 10.1 Å². The van der Waals surface area contributed by atoms with Gasteiger partial charge in [0.25, 0.3) is 0 Å². The van der Waals surface area contributed by atoms with Crippen LogP contribution in [0.5, 0.6) is 0 Å². The van der Waals surface area contributed by atoms with Gasteiger partial charge in [0.05, 0.1) is 7.11 Å². The largest absolute Gasteiger partial charge is 0.467 e. The maximum absolute atomic E-state index is 11.1. The third-order valence-electron chi connectivity index (χ3n) is 2.34. The van der Waals surface area contributed by atoms with Crippen LogP contribution in [-0.2, 0) is 9.53 Å². The van der Waals surface area contributed by atoms with Crippen LogP contribution in [0, 0.1) is 0 Å². The summed E-state index contributed by atoms with van der Waals surface area (Å²) in [7, 11) is 1.28. The van der Waals surface area contributed by atoms with Gasteiger partial charge in [0.15, 0.2) is 5.60 Å². The highest BCUT2D eigenvalue weighted by Crippen LogP contribution is 2.19. The van der Waals surface area contributed by atoms with Gasteiger partial charge < -0.3 is 15.2 Å². The molecule has 0 bridgehead atoms. The Morgan fingerprint density at radius 1 is 1.75 bits per heavy atom. The topological polar surface area (TPSA) is 58.6 Å². The zero-order chi connectivity index (χ0) is 9.19. The number of carbonyl (C=O) groups excluding carboxylic acids is 1. The van der Waals surface area contributed by atoms with Gasteiger partial charge in [-0.2, -0.15) is 0 Å². The average molecular weight is 173 g/mol. The van der Waals surface area contributed by atoms with E-state index in [-0.39, 0.29) is 6.04 Å². The molecule has 1 heterocycles. The standard InChI is InChI=1S/C8H15NO3/c1-8(11,7(10)12-2)6-4-3-5-9-6/h6,9,11H,3-5H2,1-2H3. The van der Waals surface area contributed by atoms with Gasteiger partial charge in [-0.1, -0.05) is 0 Å². The molecule has 0 aliphatic carbocycles. The van der Waals surface area contributed by atoms with E-state index in [0.717, 1.165) is 19.4 Å². The minimum Gasteiger partial charge on any atom is -0.467 e. The number of hydrogen-bond donors (Lipinski definition) is 2. The summed E-state index contributed by atoms with van der Waals surface area (Å²) in [6.45, 7) is 2.35. The van der Waals surface area contributed by atoms with Crippen molar-refractivity contribution in [1.29, 1.82) is 0 Å². The summed E-state index contributed by atoms with van der Waals surface area (Å²) in [6, 6.07) is -0.162. The second kappa shape index (κ2) is 3.41. The molecule has 0 amide bonds. The molecular weight excluding hydrogens is 158 g/mol. The predicted octanol–water partition coefficient (Wildman–Crippen LogP) is -0.338. The van der Waals surface area contributed by atoms with Crippen LogP contribution >= 0.6 is 0 Å². The van der Waals surface area contributed by atoms with Crippen LogP contribution in [0.2, 0.25) is 0 Å². The second-order valence-electron chi connectivity index (χ2n) is 3.29. The Bertz CT molecular complexity index is 173. The molecule has 2 atom stereocenters. The summed E-state index contributed by atoms with van der Waals surface area (Å²) in [5.74, 6) is -0.568. The molecule has 4 nitrogen and oxygen atoms in total. The van der Waals surface area contributed by atoms with Crippen LogP contribution in [0.25, 0.3) is 0 Å². The Morgan fingerprint density at radius 2 is 2.42 bits per heavy atom. The molecule has 1 aliphatic rings. The highest BCUT2D eigenvalue weighted by Gasteiger charge is 2.41. The summed E-state index contributed by atoms with van der Waals surface area (Å²) in [5.41, 5.74) is -1.38. The lowest BCUT2D eigenvalue weighted by Crippen LogP contribution is -2.51. The predicted molar refractivity (Wildman–Crippen MR) is 43.7 cm³/mol. The van der Waals surface area contributed by atoms with Crippen LogP contribution in [0.3, 0.4) is 0 Å². The van der Waals surface area contributed by atoms with Crippen molar-refractivity contribution < 1.29 is 14.6 Å². The molecule has 4 heteroatoms. The van der Waals surface area contributed by atoms with Crippen molar-refractivity contribution >= 4 is 5.97 Å². The van der Waals surface area contributed by atoms with Gasteiger partial charge in [-0.05, 0) is 26.3 Å². The molecule has 0 aromatic carbocycles. The summed E-state index contributed by atoms with van der Waals surface area (Å²) < 4.78 is 4.50. The zero-order valence-corrected chi connectivity index (χ0v) is 7.46. The van der Waals surface area contributed by atoms with Gasteiger partial charge in [-0.25, -0.2) is 4.79 Å². The molecule has 2 unspecified atom stereocenters. The number of carbonyl (C=O) groups is 1. The molecule has 2 N–H and O–H groups in total. The first-order valence-corrected chi connectivity index (χ1v) is 4.13. The van der Waals surface area contributed by atoms with Crippen LogP contribution in [-0.4, -0.2) is 36.4 Å². The molecule has 0 aromatic rings. The third kappa shape index (κ3) is 1.59. The van der Waals surface area contributed by atoms with Crippen molar-refractivity contribution in [1.82, 2.24) is 5.32 Å². The molecule has 1 rings (SSSR count). The van der Waals surface area contributed by atoms with E-state index in [9.17, 15) is 9.90 Å². The summed E-state index contributed by atoms with van der Waals surface area (Å²) in [5, 5.41) is 12.8. The van der Waals surface area contributed by atoms with Gasteiger partial charge in [0.1, 0.15) is 0 Å². The first kappa shape index (κ1) is 9.48. The van der Waals surface area contributed by atoms with Gasteiger partial charge in [0.2, 0.25) is 0 Å². The van der Waals surface area contributed by atoms with Crippen LogP contribution in [0.1, 0.15) is 19.8 Å². The van der Waals surface area contributed by atoms with Crippen molar-refractivity contribution in [3.63, 3.8) is 0 Å². The van der Waals surface area contributed by atoms with Crippen LogP contribution in [0.15, 0.2) is 0 Å². The molecule has 0 spiro atoms. The molecule has 12 heavy (non-hydrogen) atoms. The van der Waals surface area contributed by atoms with Crippen molar-refractivity contribution in [3.05, 3.63) is 0 Å². The molecule has 0 radical (unpaired) electrons. The smallest absolute Gasteiger partial charge is 0.339 e. The lowest BCUT2D eigenvalue weighted by Gasteiger charge is -2.26. The average Bonchev–Trinajstić information content (AvgIpc) is 2.55. The van der Waals surface area contributed by atoms with E-state index in [1.165, 1.54) is 14.0 Å². The van der Waals surface area contributed by atoms with Crippen molar-refractivity contribution in [3.8, 4) is 0 Å². The number of aliphatic hydroxyl groups is 1. The molecule has 0 saturated carbocycles. The Morgan fingerprint density at radius 3 is 2.83 bits per heavy atom. The van der Waals surface area contributed by atoms with E-state index < -0.39 is 11.6 Å². The second-order valence-corrected chi connectivity index (χ2v) is 3.29. The number of rotatable bonds is 2. The fraction of sp³-hybridized carbons (Fsp3) is 0.875. The Labute approximate surface area is 71.9 Å². The molecule has 70 valence electrons. The van der Waals surface area contributed by atoms with Crippen molar-refractivity contribution in [2.75, 3.05) is 13.7 Å². The molecule has 1 aliphatic heterocycles. The number of methoxy groups -OCH3 is 1. The summed E-state index contributed by atoms with van der Waals surface area (Å²) in [6.07, 6.45) is 1.82. The Kier molecular flexibility index (Phi) is 2.69. The molecule has 1 fully saturated rings. The van der Waals surface area contributed by atoms with Crippen LogP contribution < -0.4 is 5.32 Å². The fourth-order valence-corrected chi connectivity index (χ4v) is 1.51. The van der Waals surface area contributed by atoms with Gasteiger partial charge >= 0.3 is 5.97 Å². The fourth-order valence-electron chi connectivity index (χ4n) is 1.51. The first-order chi connectivity index (χ1) is 5.59. The SMILES string of the molecule is COC(=O)C(C)(O)C1CCCN1. The monoisotopic (exact) mass is 173 g/mol. The van der Waals surface area contributed by atoms with Crippen molar-refractivity contribution in [2.45, 2.75) is 31.4 Å². The number of esters is 1. The highest BCUT2D eigenvalue weighted by atomic mass is 16.5. The van der Waals surface area contributed by atoms with E-state index >= 15 is 0 Å². The van der Waals surface area contributed by atoms with Gasteiger partial charge in [-0.15, -0.1) is 0 Å². The number of hydrogen-bond acceptors (Lipinski definition) is 4. The third-order valence-corrected chi connectivity index (χ3v) is 2.34. The van der Waals surface area contributed by atoms with E-state index in [1.807, 2.05) is 0 Å². The normalized spacial score (nSPS) is 28.1. The quantitative estimate of drug-likeness (QED) is 0.561. The van der Waals surface area contributed by atoms with E-state index in [4.69, 9.17) is 0 Å². The summed E-state index contributed by atoms with van der Waals surface area (Å²) >= 11 is 0. The number of ether oxygens (including phenoxy) is 1. The summed E-state index contributed by atoms with van der Waals surface area (Å²) in [4.78, 5) is 11.1. The van der Waals surface area contributed by atoms with E-state index in [1.54, 1.807) is 0 Å². The van der Waals surface area contributed by atoms with Crippen molar-refractivity contribution in [2.24, 2.45) is 0 Å². The maximum atomic E-state index is 11.1. The minimum atomic E-state index is -1.38. The Hall–Kier alpha value is -0.610. The van der Waals surface area contributed by atoms with Gasteiger partial charge in [0, 0.05) is 6.04 Å². The number of nitrogens with one attached hydrogen (secondary N) is 1. The first-order valence-electron chi connectivity index (χ1n) is 4.13. The lowest BCUT2D eigenvalue weighted by molar-refractivity contribution is -0.163. The molecular formula is C8H15NO3.